The SMILES string of the molecule is CCc1cc(Br)cc(C(C)(Nc2ccc(C(=N)N)cc2)C(=O)O)c1OCC(N)=O. The molecular weight excluding hydrogens is 440 g/mol. The molecule has 0 heterocycles. The number of nitrogen functional groups attached to an aromatic ring is 1. The van der Waals surface area contributed by atoms with E-state index in [9.17, 15) is 14.7 Å². The molecule has 8 nitrogen and oxygen atoms in total. The number of carboxylic acids is 1. The van der Waals surface area contributed by atoms with Gasteiger partial charge in [0.05, 0.1) is 0 Å². The number of rotatable bonds is 9. The van der Waals surface area contributed by atoms with E-state index in [-0.39, 0.29) is 12.4 Å². The number of aliphatic carboxylic acids is 1. The average molecular weight is 463 g/mol. The first-order valence-electron chi connectivity index (χ1n) is 8.78. The van der Waals surface area contributed by atoms with Crippen molar-refractivity contribution in [2.75, 3.05) is 11.9 Å². The average Bonchev–Trinajstić information content (AvgIpc) is 2.66. The van der Waals surface area contributed by atoms with Crippen LogP contribution in [0.15, 0.2) is 40.9 Å². The van der Waals surface area contributed by atoms with Crippen molar-refractivity contribution < 1.29 is 19.4 Å². The van der Waals surface area contributed by atoms with E-state index in [2.05, 4.69) is 21.2 Å². The quantitative estimate of drug-likeness (QED) is 0.285. The summed E-state index contributed by atoms with van der Waals surface area (Å²) in [5.74, 6) is -1.59. The van der Waals surface area contributed by atoms with E-state index in [4.69, 9.17) is 21.6 Å². The van der Waals surface area contributed by atoms with Gasteiger partial charge in [-0.3, -0.25) is 10.2 Å². The minimum atomic E-state index is -1.58. The van der Waals surface area contributed by atoms with Gasteiger partial charge in [-0.15, -0.1) is 0 Å². The molecule has 0 radical (unpaired) electrons. The van der Waals surface area contributed by atoms with Crippen LogP contribution in [0.25, 0.3) is 0 Å². The second kappa shape index (κ2) is 8.95. The lowest BCUT2D eigenvalue weighted by atomic mass is 9.88. The lowest BCUT2D eigenvalue weighted by Gasteiger charge is -2.31. The molecule has 1 unspecified atom stereocenters. The Bertz CT molecular complexity index is 946. The lowest BCUT2D eigenvalue weighted by molar-refractivity contribution is -0.142. The molecule has 1 amide bonds. The van der Waals surface area contributed by atoms with Gasteiger partial charge in [0, 0.05) is 21.3 Å². The highest BCUT2D eigenvalue weighted by Gasteiger charge is 2.39. The second-order valence-corrected chi connectivity index (χ2v) is 7.51. The van der Waals surface area contributed by atoms with E-state index in [0.29, 0.717) is 33.5 Å². The third kappa shape index (κ3) is 5.05. The predicted molar refractivity (Wildman–Crippen MR) is 114 cm³/mol. The monoisotopic (exact) mass is 462 g/mol. The normalized spacial score (nSPS) is 12.7. The Kier molecular flexibility index (Phi) is 6.86. The van der Waals surface area contributed by atoms with Gasteiger partial charge in [-0.05, 0) is 55.3 Å². The summed E-state index contributed by atoms with van der Waals surface area (Å²) < 4.78 is 6.29. The molecule has 154 valence electrons. The Morgan fingerprint density at radius 1 is 1.24 bits per heavy atom. The van der Waals surface area contributed by atoms with E-state index in [0.717, 1.165) is 5.56 Å². The summed E-state index contributed by atoms with van der Waals surface area (Å²) >= 11 is 3.42. The number of hydrogen-bond donors (Lipinski definition) is 5. The second-order valence-electron chi connectivity index (χ2n) is 6.60. The smallest absolute Gasteiger partial charge is 0.333 e. The zero-order valence-corrected chi connectivity index (χ0v) is 17.7. The molecule has 1 atom stereocenters. The molecule has 2 aromatic carbocycles. The third-order valence-electron chi connectivity index (χ3n) is 4.43. The molecular formula is C20H23BrN4O4. The maximum atomic E-state index is 12.3. The van der Waals surface area contributed by atoms with Crippen molar-refractivity contribution >= 4 is 39.3 Å². The molecule has 0 aliphatic heterocycles. The number of halogens is 1. The Labute approximate surface area is 176 Å². The van der Waals surface area contributed by atoms with Crippen molar-refractivity contribution in [3.63, 3.8) is 0 Å². The summed E-state index contributed by atoms with van der Waals surface area (Å²) in [5, 5.41) is 20.6. The van der Waals surface area contributed by atoms with E-state index >= 15 is 0 Å². The number of carboxylic acid groups (broad SMARTS) is 1. The van der Waals surface area contributed by atoms with Crippen molar-refractivity contribution in [3.8, 4) is 5.75 Å². The van der Waals surface area contributed by atoms with E-state index in [1.807, 2.05) is 13.0 Å². The number of anilines is 1. The first kappa shape index (κ1) is 22.2. The Morgan fingerprint density at radius 3 is 2.34 bits per heavy atom. The minimum absolute atomic E-state index is 0.0840. The molecule has 0 fully saturated rings. The van der Waals surface area contributed by atoms with Crippen LogP contribution in [-0.2, 0) is 21.5 Å². The number of ether oxygens (including phenoxy) is 1. The first-order valence-corrected chi connectivity index (χ1v) is 9.57. The number of amides is 1. The van der Waals surface area contributed by atoms with Gasteiger partial charge in [-0.25, -0.2) is 4.79 Å². The van der Waals surface area contributed by atoms with E-state index < -0.39 is 17.4 Å². The molecule has 0 aliphatic carbocycles. The molecule has 2 aromatic rings. The van der Waals surface area contributed by atoms with Crippen LogP contribution in [0.1, 0.15) is 30.5 Å². The lowest BCUT2D eigenvalue weighted by Crippen LogP contribution is -2.41. The summed E-state index contributed by atoms with van der Waals surface area (Å²) in [4.78, 5) is 23.6. The van der Waals surface area contributed by atoms with Crippen LogP contribution in [0, 0.1) is 5.41 Å². The van der Waals surface area contributed by atoms with Gasteiger partial charge in [-0.2, -0.15) is 0 Å². The van der Waals surface area contributed by atoms with Gasteiger partial charge in [0.15, 0.2) is 12.1 Å². The summed E-state index contributed by atoms with van der Waals surface area (Å²) in [6.07, 6.45) is 0.559. The molecule has 0 aromatic heterocycles. The molecule has 0 bridgehead atoms. The Hall–Kier alpha value is -3.07. The van der Waals surface area contributed by atoms with E-state index in [1.54, 1.807) is 30.3 Å². The van der Waals surface area contributed by atoms with Gasteiger partial charge in [0.2, 0.25) is 0 Å². The minimum Gasteiger partial charge on any atom is -0.483 e. The topological polar surface area (TPSA) is 152 Å². The molecule has 29 heavy (non-hydrogen) atoms. The van der Waals surface area contributed by atoms with Crippen LogP contribution in [0.4, 0.5) is 5.69 Å². The number of benzene rings is 2. The highest BCUT2D eigenvalue weighted by molar-refractivity contribution is 9.10. The summed E-state index contributed by atoms with van der Waals surface area (Å²) in [6.45, 7) is 3.03. The highest BCUT2D eigenvalue weighted by atomic mass is 79.9. The van der Waals surface area contributed by atoms with Crippen LogP contribution in [0.3, 0.4) is 0 Å². The van der Waals surface area contributed by atoms with Crippen molar-refractivity contribution in [3.05, 3.63) is 57.6 Å². The number of nitrogens with two attached hydrogens (primary N) is 2. The number of carbonyl (C=O) groups excluding carboxylic acids is 1. The van der Waals surface area contributed by atoms with Gasteiger partial charge in [0.25, 0.3) is 5.91 Å². The molecule has 0 saturated heterocycles. The number of amidine groups is 1. The van der Waals surface area contributed by atoms with Gasteiger partial charge in [0.1, 0.15) is 11.6 Å². The molecule has 0 aliphatic rings. The zero-order valence-electron chi connectivity index (χ0n) is 16.1. The van der Waals surface area contributed by atoms with Crippen LogP contribution >= 0.6 is 15.9 Å². The number of nitrogens with one attached hydrogen (secondary N) is 2. The Balaban J connectivity index is 2.57. The fraction of sp³-hybridized carbons (Fsp3) is 0.250. The molecule has 7 N–H and O–H groups in total. The number of aryl methyl sites for hydroxylation is 1. The molecule has 0 saturated carbocycles. The summed E-state index contributed by atoms with van der Waals surface area (Å²) in [5.41, 5.74) is 11.2. The Morgan fingerprint density at radius 2 is 1.86 bits per heavy atom. The number of primary amides is 1. The van der Waals surface area contributed by atoms with Crippen LogP contribution in [-0.4, -0.2) is 29.4 Å². The molecule has 9 heteroatoms. The van der Waals surface area contributed by atoms with Crippen molar-refractivity contribution in [1.29, 1.82) is 5.41 Å². The fourth-order valence-corrected chi connectivity index (χ4v) is 3.36. The number of hydrogen-bond acceptors (Lipinski definition) is 5. The van der Waals surface area contributed by atoms with Gasteiger partial charge < -0.3 is 26.6 Å². The standard InChI is InChI=1S/C20H23BrN4O4/c1-3-11-8-13(21)9-15(17(11)29-10-16(22)26)20(2,19(27)28)25-14-6-4-12(5-7-14)18(23)24/h4-9,25H,3,10H2,1-2H3,(H2,22,26)(H3,23,24)(H,27,28). The van der Waals surface area contributed by atoms with Crippen molar-refractivity contribution in [2.24, 2.45) is 11.5 Å². The third-order valence-corrected chi connectivity index (χ3v) is 4.88. The highest BCUT2D eigenvalue weighted by Crippen LogP contribution is 2.38. The maximum Gasteiger partial charge on any atom is 0.333 e. The molecule has 2 rings (SSSR count). The largest absolute Gasteiger partial charge is 0.483 e. The van der Waals surface area contributed by atoms with Gasteiger partial charge >= 0.3 is 5.97 Å². The van der Waals surface area contributed by atoms with Crippen LogP contribution in [0.2, 0.25) is 0 Å². The maximum absolute atomic E-state index is 12.3. The van der Waals surface area contributed by atoms with Crippen molar-refractivity contribution in [2.45, 2.75) is 25.8 Å². The number of carbonyl (C=O) groups is 2. The zero-order chi connectivity index (χ0) is 21.8. The predicted octanol–water partition coefficient (Wildman–Crippen LogP) is 2.57. The van der Waals surface area contributed by atoms with Crippen LogP contribution < -0.4 is 21.5 Å². The van der Waals surface area contributed by atoms with E-state index in [1.165, 1.54) is 6.92 Å². The fourth-order valence-electron chi connectivity index (χ4n) is 2.86. The summed E-state index contributed by atoms with van der Waals surface area (Å²) in [7, 11) is 0. The summed E-state index contributed by atoms with van der Waals surface area (Å²) in [6, 6.07) is 9.97. The van der Waals surface area contributed by atoms with Crippen LogP contribution in [0.5, 0.6) is 5.75 Å². The first-order chi connectivity index (χ1) is 13.6. The van der Waals surface area contributed by atoms with Crippen molar-refractivity contribution in [1.82, 2.24) is 0 Å². The van der Waals surface area contributed by atoms with Gasteiger partial charge in [-0.1, -0.05) is 22.9 Å². The molecule has 0 spiro atoms.